The summed E-state index contributed by atoms with van der Waals surface area (Å²) in [5.74, 6) is -0.0441. The molecule has 7 nitrogen and oxygen atoms in total. The van der Waals surface area contributed by atoms with Crippen molar-refractivity contribution in [1.29, 1.82) is 0 Å². The van der Waals surface area contributed by atoms with Crippen LogP contribution in [0.15, 0.2) is 43.0 Å². The second-order valence-electron chi connectivity index (χ2n) is 6.54. The molecule has 3 rings (SSSR count). The topological polar surface area (TPSA) is 79.3 Å². The Bertz CT molecular complexity index is 745. The fourth-order valence-corrected chi connectivity index (χ4v) is 3.21. The van der Waals surface area contributed by atoms with Crippen LogP contribution in [0.1, 0.15) is 42.0 Å². The van der Waals surface area contributed by atoms with Gasteiger partial charge in [0.15, 0.2) is 0 Å². The summed E-state index contributed by atoms with van der Waals surface area (Å²) in [5.41, 5.74) is 1.27. The Kier molecular flexibility index (Phi) is 5.55. The van der Waals surface area contributed by atoms with Gasteiger partial charge in [0.2, 0.25) is 5.91 Å². The zero-order chi connectivity index (χ0) is 18.5. The number of nitrogens with zero attached hydrogens (tertiary/aromatic N) is 5. The highest BCUT2D eigenvalue weighted by Crippen LogP contribution is 2.24. The molecule has 0 saturated carbocycles. The van der Waals surface area contributed by atoms with Crippen molar-refractivity contribution in [2.75, 3.05) is 20.1 Å². The van der Waals surface area contributed by atoms with Gasteiger partial charge < -0.3 is 9.80 Å². The molecular formula is C19H23N5O2. The van der Waals surface area contributed by atoms with E-state index in [9.17, 15) is 9.59 Å². The van der Waals surface area contributed by atoms with Gasteiger partial charge in [-0.2, -0.15) is 0 Å². The number of likely N-dealkylation sites (tertiary alicyclic amines) is 1. The van der Waals surface area contributed by atoms with Crippen LogP contribution in [0.25, 0.3) is 0 Å². The van der Waals surface area contributed by atoms with Gasteiger partial charge in [-0.15, -0.1) is 0 Å². The number of rotatable bonds is 4. The van der Waals surface area contributed by atoms with E-state index < -0.39 is 0 Å². The van der Waals surface area contributed by atoms with Crippen molar-refractivity contribution in [3.8, 4) is 0 Å². The van der Waals surface area contributed by atoms with E-state index in [2.05, 4.69) is 15.0 Å². The maximum absolute atomic E-state index is 12.8. The average molecular weight is 353 g/mol. The minimum Gasteiger partial charge on any atom is -0.337 e. The van der Waals surface area contributed by atoms with Crippen LogP contribution in [-0.2, 0) is 4.79 Å². The van der Waals surface area contributed by atoms with Gasteiger partial charge in [-0.3, -0.25) is 14.6 Å². The summed E-state index contributed by atoms with van der Waals surface area (Å²) in [6.07, 6.45) is 6.12. The summed E-state index contributed by atoms with van der Waals surface area (Å²) in [6.45, 7) is 3.10. The highest BCUT2D eigenvalue weighted by Gasteiger charge is 2.31. The Labute approximate surface area is 153 Å². The lowest BCUT2D eigenvalue weighted by atomic mass is 9.94. The molecule has 1 aliphatic heterocycles. The van der Waals surface area contributed by atoms with E-state index in [0.29, 0.717) is 31.6 Å². The van der Waals surface area contributed by atoms with Gasteiger partial charge in [0, 0.05) is 38.4 Å². The summed E-state index contributed by atoms with van der Waals surface area (Å²) < 4.78 is 0. The molecule has 0 aliphatic carbocycles. The first-order valence-electron chi connectivity index (χ1n) is 8.81. The van der Waals surface area contributed by atoms with Crippen molar-refractivity contribution in [2.45, 2.75) is 25.8 Å². The molecular weight excluding hydrogens is 330 g/mol. The van der Waals surface area contributed by atoms with Crippen molar-refractivity contribution in [2.24, 2.45) is 5.92 Å². The second kappa shape index (κ2) is 8.03. The van der Waals surface area contributed by atoms with Crippen molar-refractivity contribution in [1.82, 2.24) is 24.8 Å². The zero-order valence-electron chi connectivity index (χ0n) is 15.1. The van der Waals surface area contributed by atoms with E-state index in [-0.39, 0.29) is 23.8 Å². The Morgan fingerprint density at radius 2 is 1.92 bits per heavy atom. The van der Waals surface area contributed by atoms with Crippen molar-refractivity contribution >= 4 is 11.8 Å². The van der Waals surface area contributed by atoms with Gasteiger partial charge in [0.1, 0.15) is 12.0 Å². The fourth-order valence-electron chi connectivity index (χ4n) is 3.21. The number of amides is 2. The number of carbonyl (C=O) groups is 2. The van der Waals surface area contributed by atoms with Gasteiger partial charge >= 0.3 is 0 Å². The smallest absolute Gasteiger partial charge is 0.272 e. The largest absolute Gasteiger partial charge is 0.337 e. The quantitative estimate of drug-likeness (QED) is 0.839. The number of hydrogen-bond donors (Lipinski definition) is 0. The number of carbonyl (C=O) groups excluding carboxylic acids is 2. The highest BCUT2D eigenvalue weighted by atomic mass is 16.2. The highest BCUT2D eigenvalue weighted by molar-refractivity contribution is 5.92. The summed E-state index contributed by atoms with van der Waals surface area (Å²) in [5, 5.41) is 0. The van der Waals surface area contributed by atoms with Crippen LogP contribution in [0.4, 0.5) is 0 Å². The summed E-state index contributed by atoms with van der Waals surface area (Å²) >= 11 is 0. The first kappa shape index (κ1) is 18.0. The lowest BCUT2D eigenvalue weighted by Crippen LogP contribution is -2.44. The van der Waals surface area contributed by atoms with Crippen molar-refractivity contribution in [3.63, 3.8) is 0 Å². The summed E-state index contributed by atoms with van der Waals surface area (Å²) in [6, 6.07) is 7.02. The normalized spacial score (nSPS) is 16.2. The Balaban J connectivity index is 1.57. The standard InChI is InChI=1S/C19H23N5O2/c1-14(16-6-10-20-13-22-16)23(2)18(25)15-7-11-24(12-8-15)19(26)17-5-3-4-9-21-17/h3-6,9-10,13-15H,7-8,11-12H2,1-2H3/t14-/m0/s1. The number of pyridine rings is 1. The lowest BCUT2D eigenvalue weighted by Gasteiger charge is -2.34. The molecule has 0 bridgehead atoms. The van der Waals surface area contributed by atoms with Crippen molar-refractivity contribution < 1.29 is 9.59 Å². The Morgan fingerprint density at radius 1 is 1.15 bits per heavy atom. The van der Waals surface area contributed by atoms with E-state index in [1.54, 1.807) is 47.4 Å². The predicted molar refractivity (Wildman–Crippen MR) is 96.1 cm³/mol. The van der Waals surface area contributed by atoms with E-state index in [1.807, 2.05) is 13.0 Å². The molecule has 0 spiro atoms. The first-order valence-corrected chi connectivity index (χ1v) is 8.81. The fraction of sp³-hybridized carbons (Fsp3) is 0.421. The molecule has 1 fully saturated rings. The van der Waals surface area contributed by atoms with Gasteiger partial charge in [-0.1, -0.05) is 6.07 Å². The van der Waals surface area contributed by atoms with Gasteiger partial charge in [-0.25, -0.2) is 9.97 Å². The third kappa shape index (κ3) is 3.87. The summed E-state index contributed by atoms with van der Waals surface area (Å²) in [4.78, 5) is 41.1. The van der Waals surface area contributed by atoms with Gasteiger partial charge in [0.05, 0.1) is 11.7 Å². The molecule has 3 heterocycles. The SMILES string of the molecule is C[C@@H](c1ccncn1)N(C)C(=O)C1CCN(C(=O)c2ccccn2)CC1. The average Bonchev–Trinajstić information content (AvgIpc) is 2.73. The van der Waals surface area contributed by atoms with Crippen molar-refractivity contribution in [3.05, 3.63) is 54.4 Å². The van der Waals surface area contributed by atoms with Crippen LogP contribution in [0.5, 0.6) is 0 Å². The van der Waals surface area contributed by atoms with E-state index in [1.165, 1.54) is 6.33 Å². The number of aromatic nitrogens is 3. The molecule has 0 unspecified atom stereocenters. The van der Waals surface area contributed by atoms with Crippen LogP contribution >= 0.6 is 0 Å². The van der Waals surface area contributed by atoms with Crippen LogP contribution < -0.4 is 0 Å². The van der Waals surface area contributed by atoms with E-state index in [4.69, 9.17) is 0 Å². The van der Waals surface area contributed by atoms with E-state index in [0.717, 1.165) is 5.69 Å². The van der Waals surface area contributed by atoms with Crippen LogP contribution in [0.3, 0.4) is 0 Å². The molecule has 0 radical (unpaired) electrons. The number of hydrogen-bond acceptors (Lipinski definition) is 5. The number of piperidine rings is 1. The van der Waals surface area contributed by atoms with Gasteiger partial charge in [-0.05, 0) is 38.0 Å². The molecule has 26 heavy (non-hydrogen) atoms. The second-order valence-corrected chi connectivity index (χ2v) is 6.54. The third-order valence-corrected chi connectivity index (χ3v) is 4.98. The maximum Gasteiger partial charge on any atom is 0.272 e. The lowest BCUT2D eigenvalue weighted by molar-refractivity contribution is -0.137. The molecule has 2 amide bonds. The van der Waals surface area contributed by atoms with Crippen LogP contribution in [-0.4, -0.2) is 56.7 Å². The van der Waals surface area contributed by atoms with Crippen LogP contribution in [0, 0.1) is 5.92 Å². The third-order valence-electron chi connectivity index (χ3n) is 4.98. The first-order chi connectivity index (χ1) is 12.6. The molecule has 1 atom stereocenters. The van der Waals surface area contributed by atoms with Gasteiger partial charge in [0.25, 0.3) is 5.91 Å². The molecule has 1 aliphatic rings. The molecule has 2 aromatic rings. The molecule has 0 N–H and O–H groups in total. The summed E-state index contributed by atoms with van der Waals surface area (Å²) in [7, 11) is 1.81. The monoisotopic (exact) mass is 353 g/mol. The minimum absolute atomic E-state index is 0.0702. The molecule has 2 aromatic heterocycles. The Morgan fingerprint density at radius 3 is 2.54 bits per heavy atom. The predicted octanol–water partition coefficient (Wildman–Crippen LogP) is 1.94. The molecule has 1 saturated heterocycles. The molecule has 0 aromatic carbocycles. The Hall–Kier alpha value is -2.83. The maximum atomic E-state index is 12.8. The molecule has 7 heteroatoms. The van der Waals surface area contributed by atoms with E-state index >= 15 is 0 Å². The van der Waals surface area contributed by atoms with Crippen LogP contribution in [0.2, 0.25) is 0 Å². The minimum atomic E-state index is -0.112. The zero-order valence-corrected chi connectivity index (χ0v) is 15.1. The molecule has 136 valence electrons.